The maximum Gasteiger partial charge on any atom is 0.416 e. The van der Waals surface area contributed by atoms with Gasteiger partial charge in [-0.15, -0.1) is 4.83 Å². The second-order valence-electron chi connectivity index (χ2n) is 6.94. The normalized spacial score (nSPS) is 12.6. The van der Waals surface area contributed by atoms with Gasteiger partial charge in [0, 0.05) is 11.3 Å². The van der Waals surface area contributed by atoms with Gasteiger partial charge in [-0.3, -0.25) is 14.9 Å². The molecule has 31 heavy (non-hydrogen) atoms. The average molecular weight is 480 g/mol. The zero-order valence-electron chi connectivity index (χ0n) is 16.4. The number of rotatable bonds is 8. The molecule has 13 heteroatoms. The van der Waals surface area contributed by atoms with Crippen LogP contribution in [0.1, 0.15) is 29.8 Å². The first kappa shape index (κ1) is 24.6. The lowest BCUT2D eigenvalue weighted by atomic mass is 10.2. The maximum atomic E-state index is 12.8. The number of nitrogens with one attached hydrogen (secondary N) is 3. The number of hydrogen-bond acceptors (Lipinski definition) is 5. The van der Waals surface area contributed by atoms with E-state index < -0.39 is 42.6 Å². The van der Waals surface area contributed by atoms with E-state index in [-0.39, 0.29) is 22.9 Å². The van der Waals surface area contributed by atoms with Crippen LogP contribution in [-0.4, -0.2) is 28.5 Å². The van der Waals surface area contributed by atoms with Gasteiger partial charge in [-0.05, 0) is 42.3 Å². The predicted molar refractivity (Wildman–Crippen MR) is 108 cm³/mol. The predicted octanol–water partition coefficient (Wildman–Crippen LogP) is 2.73. The van der Waals surface area contributed by atoms with Crippen molar-refractivity contribution in [3.63, 3.8) is 0 Å². The Morgan fingerprint density at radius 2 is 1.65 bits per heavy atom. The number of amides is 1. The van der Waals surface area contributed by atoms with Crippen LogP contribution in [0.15, 0.2) is 53.4 Å². The summed E-state index contributed by atoms with van der Waals surface area (Å²) >= 11 is 0. The molecular weight excluding hydrogens is 459 g/mol. The van der Waals surface area contributed by atoms with Crippen molar-refractivity contribution in [2.24, 2.45) is 5.92 Å². The zero-order chi connectivity index (χ0) is 23.4. The summed E-state index contributed by atoms with van der Waals surface area (Å²) in [7, 11) is -8.11. The van der Waals surface area contributed by atoms with Crippen molar-refractivity contribution < 1.29 is 34.8 Å². The van der Waals surface area contributed by atoms with Gasteiger partial charge in [-0.25, -0.2) is 16.8 Å². The zero-order valence-corrected chi connectivity index (χ0v) is 18.0. The van der Waals surface area contributed by atoms with Crippen molar-refractivity contribution in [2.45, 2.75) is 24.9 Å². The highest BCUT2D eigenvalue weighted by Gasteiger charge is 2.30. The minimum absolute atomic E-state index is 0.181. The van der Waals surface area contributed by atoms with Crippen molar-refractivity contribution in [3.05, 3.63) is 59.7 Å². The fourth-order valence-electron chi connectivity index (χ4n) is 2.45. The van der Waals surface area contributed by atoms with Gasteiger partial charge in [-0.1, -0.05) is 26.0 Å². The number of hydrogen-bond donors (Lipinski definition) is 3. The van der Waals surface area contributed by atoms with Gasteiger partial charge < -0.3 is 0 Å². The Kier molecular flexibility index (Phi) is 7.34. The van der Waals surface area contributed by atoms with E-state index >= 15 is 0 Å². The standard InChI is InChI=1S/C18H20F3N3O5S2/c1-12(2)11-30(26,27)24-22-17(25)13-5-3-8-16(9-13)31(28,29)23-15-7-4-6-14(10-15)18(19,20)21/h3-10,12,23-24H,11H2,1-2H3,(H,22,25). The molecular formula is C18H20F3N3O5S2. The van der Waals surface area contributed by atoms with E-state index in [1.54, 1.807) is 13.8 Å². The fourth-order valence-corrected chi connectivity index (χ4v) is 4.76. The van der Waals surface area contributed by atoms with Crippen molar-refractivity contribution in [3.8, 4) is 0 Å². The van der Waals surface area contributed by atoms with Crippen LogP contribution in [0.5, 0.6) is 0 Å². The molecule has 1 amide bonds. The third-order valence-corrected chi connectivity index (χ3v) is 6.62. The molecule has 0 radical (unpaired) electrons. The maximum absolute atomic E-state index is 12.8. The highest BCUT2D eigenvalue weighted by Crippen LogP contribution is 2.31. The summed E-state index contributed by atoms with van der Waals surface area (Å²) in [6.45, 7) is 3.35. The summed E-state index contributed by atoms with van der Waals surface area (Å²) in [5.74, 6) is -1.34. The lowest BCUT2D eigenvalue weighted by Crippen LogP contribution is -2.43. The molecule has 0 fully saturated rings. The van der Waals surface area contributed by atoms with E-state index in [1.807, 2.05) is 15.0 Å². The molecule has 2 aromatic rings. The highest BCUT2D eigenvalue weighted by atomic mass is 32.2. The van der Waals surface area contributed by atoms with Gasteiger partial charge in [0.15, 0.2) is 0 Å². The number of anilines is 1. The van der Waals surface area contributed by atoms with Crippen LogP contribution < -0.4 is 15.0 Å². The Morgan fingerprint density at radius 1 is 1.00 bits per heavy atom. The van der Waals surface area contributed by atoms with Gasteiger partial charge in [0.2, 0.25) is 10.0 Å². The SMILES string of the molecule is CC(C)CS(=O)(=O)NNC(=O)c1cccc(S(=O)(=O)Nc2cccc(C(F)(F)F)c2)c1. The molecule has 170 valence electrons. The third kappa shape index (κ3) is 7.22. The Hall–Kier alpha value is -2.64. The molecule has 0 saturated carbocycles. The number of carbonyl (C=O) groups is 1. The molecule has 2 rings (SSSR count). The van der Waals surface area contributed by atoms with Crippen molar-refractivity contribution >= 4 is 31.6 Å². The molecule has 0 unspecified atom stereocenters. The summed E-state index contributed by atoms with van der Waals surface area (Å²) in [6.07, 6.45) is -4.65. The first-order valence-electron chi connectivity index (χ1n) is 8.79. The van der Waals surface area contributed by atoms with Gasteiger partial charge in [0.1, 0.15) is 0 Å². The van der Waals surface area contributed by atoms with Crippen LogP contribution >= 0.6 is 0 Å². The molecule has 0 aromatic heterocycles. The molecule has 0 aliphatic heterocycles. The summed E-state index contributed by atoms with van der Waals surface area (Å²) < 4.78 is 89.1. The van der Waals surface area contributed by atoms with Crippen LogP contribution in [0, 0.1) is 5.92 Å². The average Bonchev–Trinajstić information content (AvgIpc) is 2.64. The molecule has 0 atom stereocenters. The smallest absolute Gasteiger partial charge is 0.280 e. The van der Waals surface area contributed by atoms with Crippen molar-refractivity contribution in [1.82, 2.24) is 10.3 Å². The molecule has 3 N–H and O–H groups in total. The van der Waals surface area contributed by atoms with Gasteiger partial charge in [0.25, 0.3) is 15.9 Å². The van der Waals surface area contributed by atoms with Gasteiger partial charge in [-0.2, -0.15) is 13.2 Å². The Balaban J connectivity index is 2.19. The first-order valence-corrected chi connectivity index (χ1v) is 11.9. The third-order valence-electron chi connectivity index (χ3n) is 3.72. The van der Waals surface area contributed by atoms with E-state index in [1.165, 1.54) is 12.1 Å². The summed E-state index contributed by atoms with van der Waals surface area (Å²) in [5.41, 5.74) is 0.452. The molecule has 0 spiro atoms. The summed E-state index contributed by atoms with van der Waals surface area (Å²) in [4.78, 5) is 13.7. The number of halogens is 3. The van der Waals surface area contributed by atoms with Crippen molar-refractivity contribution in [2.75, 3.05) is 10.5 Å². The van der Waals surface area contributed by atoms with E-state index in [2.05, 4.69) is 0 Å². The largest absolute Gasteiger partial charge is 0.416 e. The minimum Gasteiger partial charge on any atom is -0.280 e. The quantitative estimate of drug-likeness (QED) is 0.503. The van der Waals surface area contributed by atoms with Crippen LogP contribution in [0.2, 0.25) is 0 Å². The number of sulfonamides is 2. The molecule has 0 aliphatic carbocycles. The number of carbonyl (C=O) groups excluding carboxylic acids is 1. The van der Waals surface area contributed by atoms with Gasteiger partial charge >= 0.3 is 6.18 Å². The number of alkyl halides is 3. The topological polar surface area (TPSA) is 121 Å². The van der Waals surface area contributed by atoms with E-state index in [0.29, 0.717) is 6.07 Å². The van der Waals surface area contributed by atoms with Crippen LogP contribution in [0.3, 0.4) is 0 Å². The monoisotopic (exact) mass is 479 g/mol. The molecule has 0 saturated heterocycles. The fraction of sp³-hybridized carbons (Fsp3) is 0.278. The van der Waals surface area contributed by atoms with E-state index in [4.69, 9.17) is 0 Å². The van der Waals surface area contributed by atoms with E-state index in [9.17, 15) is 34.8 Å². The summed E-state index contributed by atoms with van der Waals surface area (Å²) in [5, 5.41) is 0. The van der Waals surface area contributed by atoms with Crippen LogP contribution in [0.25, 0.3) is 0 Å². The summed E-state index contributed by atoms with van der Waals surface area (Å²) in [6, 6.07) is 8.20. The number of benzene rings is 2. The van der Waals surface area contributed by atoms with Crippen LogP contribution in [0.4, 0.5) is 18.9 Å². The number of hydrazine groups is 1. The molecule has 0 heterocycles. The molecule has 2 aromatic carbocycles. The Morgan fingerprint density at radius 3 is 2.26 bits per heavy atom. The molecule has 8 nitrogen and oxygen atoms in total. The van der Waals surface area contributed by atoms with Crippen LogP contribution in [-0.2, 0) is 26.2 Å². The minimum atomic E-state index is -4.65. The van der Waals surface area contributed by atoms with Gasteiger partial charge in [0.05, 0.1) is 16.2 Å². The molecule has 0 aliphatic rings. The van der Waals surface area contributed by atoms with E-state index in [0.717, 1.165) is 30.3 Å². The van der Waals surface area contributed by atoms with Crippen molar-refractivity contribution in [1.29, 1.82) is 0 Å². The molecule has 0 bridgehead atoms. The first-order chi connectivity index (χ1) is 14.2. The lowest BCUT2D eigenvalue weighted by molar-refractivity contribution is -0.137. The second kappa shape index (κ2) is 9.24. The second-order valence-corrected chi connectivity index (χ2v) is 10.4. The highest BCUT2D eigenvalue weighted by molar-refractivity contribution is 7.92. The Bertz CT molecular complexity index is 1160. The lowest BCUT2D eigenvalue weighted by Gasteiger charge is -2.12. The Labute approximate surface area is 177 Å².